The van der Waals surface area contributed by atoms with E-state index in [1.165, 1.54) is 30.6 Å². The van der Waals surface area contributed by atoms with Gasteiger partial charge >= 0.3 is 5.76 Å². The van der Waals surface area contributed by atoms with Gasteiger partial charge in [-0.15, -0.1) is 16.4 Å². The minimum absolute atomic E-state index is 0.0408. The largest absolute Gasteiger partial charge is 0.492 e. The van der Waals surface area contributed by atoms with Gasteiger partial charge in [-0.1, -0.05) is 23.7 Å². The summed E-state index contributed by atoms with van der Waals surface area (Å²) in [5.41, 5.74) is 4.77. The van der Waals surface area contributed by atoms with Crippen molar-refractivity contribution in [3.8, 4) is 27.6 Å². The van der Waals surface area contributed by atoms with Crippen molar-refractivity contribution in [3.63, 3.8) is 0 Å². The number of pyridine rings is 2. The molecule has 1 saturated carbocycles. The van der Waals surface area contributed by atoms with Crippen LogP contribution in [0.1, 0.15) is 63.7 Å². The summed E-state index contributed by atoms with van der Waals surface area (Å²) in [6.07, 6.45) is 5.54. The maximum Gasteiger partial charge on any atom is 0.434 e. The number of aromatic amines is 1. The lowest BCUT2D eigenvalue weighted by Crippen LogP contribution is -2.40. The molecule has 14 heteroatoms. The van der Waals surface area contributed by atoms with E-state index >= 15 is 4.39 Å². The normalized spacial score (nSPS) is 21.0. The maximum absolute atomic E-state index is 15.3. The van der Waals surface area contributed by atoms with E-state index in [2.05, 4.69) is 15.5 Å². The van der Waals surface area contributed by atoms with E-state index in [0.717, 1.165) is 44.6 Å². The number of thiophene rings is 1. The Balaban J connectivity index is 1.13. The molecule has 2 aromatic carbocycles. The van der Waals surface area contributed by atoms with Gasteiger partial charge in [0.15, 0.2) is 11.6 Å². The molecule has 7 heterocycles. The van der Waals surface area contributed by atoms with Crippen molar-refractivity contribution in [2.45, 2.75) is 50.1 Å². The Kier molecular flexibility index (Phi) is 6.94. The average Bonchev–Trinajstić information content (AvgIpc) is 3.97. The van der Waals surface area contributed by atoms with Gasteiger partial charge in [0.25, 0.3) is 11.8 Å². The highest BCUT2D eigenvalue weighted by atomic mass is 35.5. The van der Waals surface area contributed by atoms with Gasteiger partial charge in [0.2, 0.25) is 0 Å². The third-order valence-electron chi connectivity index (χ3n) is 11.2. The Labute approximate surface area is 303 Å². The third kappa shape index (κ3) is 4.54. The molecule has 3 fully saturated rings. The molecule has 5 aliphatic rings. The number of hydrogen-bond donors (Lipinski definition) is 2. The van der Waals surface area contributed by atoms with Crippen molar-refractivity contribution < 1.29 is 22.7 Å². The molecular weight excluding hydrogens is 710 g/mol. The highest BCUT2D eigenvalue weighted by Gasteiger charge is 2.65. The molecule has 1 spiro atoms. The van der Waals surface area contributed by atoms with Gasteiger partial charge in [-0.05, 0) is 96.9 Å². The molecule has 52 heavy (non-hydrogen) atoms. The first-order valence-electron chi connectivity index (χ1n) is 17.1. The first kappa shape index (κ1) is 31.6. The molecule has 0 radical (unpaired) electrons. The molecule has 2 bridgehead atoms. The standard InChI is InChI=1S/C38H29ClF2N6O4S/c1-50-31-23(39)13-22-21(30(31)41)7-9-24(22)44-34-32-19(10-11-42-34)12-26(52-32)28-27(35-45-46-37(49)51-35)25(8-4-17-2-5-20(40)6-3-17)43-33-29(28)36(48)47-16-18-14-38(33,47)15-18/h2-3,5-6,10-13,18,24H,4,7-9,14-16H2,1H3,(H,42,44)(H,46,49)/t18?,24-,38?/m0/s1. The predicted octanol–water partition coefficient (Wildman–Crippen LogP) is 7.60. The molecule has 2 saturated heterocycles. The predicted molar refractivity (Wildman–Crippen MR) is 191 cm³/mol. The number of amides is 1. The van der Waals surface area contributed by atoms with Crippen molar-refractivity contribution >= 4 is 44.7 Å². The molecule has 2 N–H and O–H groups in total. The Morgan fingerprint density at radius 2 is 1.94 bits per heavy atom. The summed E-state index contributed by atoms with van der Waals surface area (Å²) in [5.74, 6) is -0.435. The Hall–Kier alpha value is -5.14. The van der Waals surface area contributed by atoms with Crippen LogP contribution >= 0.6 is 22.9 Å². The summed E-state index contributed by atoms with van der Waals surface area (Å²) in [6.45, 7) is 0.677. The van der Waals surface area contributed by atoms with Crippen LogP contribution in [0.25, 0.3) is 32.0 Å². The van der Waals surface area contributed by atoms with Crippen LogP contribution in [0.4, 0.5) is 14.6 Å². The highest BCUT2D eigenvalue weighted by molar-refractivity contribution is 7.23. The summed E-state index contributed by atoms with van der Waals surface area (Å²) in [4.78, 5) is 39.5. The monoisotopic (exact) mass is 738 g/mol. The molecule has 11 rings (SSSR count). The lowest BCUT2D eigenvalue weighted by molar-refractivity contribution is 0.0637. The zero-order valence-corrected chi connectivity index (χ0v) is 29.3. The van der Waals surface area contributed by atoms with Crippen LogP contribution < -0.4 is 15.8 Å². The number of rotatable bonds is 8. The van der Waals surface area contributed by atoms with E-state index in [0.29, 0.717) is 71.9 Å². The van der Waals surface area contributed by atoms with Gasteiger partial charge in [0.1, 0.15) is 11.6 Å². The van der Waals surface area contributed by atoms with Gasteiger partial charge in [-0.25, -0.2) is 23.7 Å². The summed E-state index contributed by atoms with van der Waals surface area (Å²) < 4.78 is 40.7. The number of fused-ring (bicyclic) bond motifs is 3. The zero-order chi connectivity index (χ0) is 35.5. The second-order valence-electron chi connectivity index (χ2n) is 14.0. The second kappa shape index (κ2) is 11.4. The van der Waals surface area contributed by atoms with Crippen LogP contribution in [0.3, 0.4) is 0 Å². The number of aryl methyl sites for hydroxylation is 2. The summed E-state index contributed by atoms with van der Waals surface area (Å²) in [7, 11) is 1.40. The van der Waals surface area contributed by atoms with E-state index < -0.39 is 17.1 Å². The van der Waals surface area contributed by atoms with Gasteiger partial charge in [-0.2, -0.15) is 0 Å². The molecule has 0 unspecified atom stereocenters. The van der Waals surface area contributed by atoms with Crippen molar-refractivity contribution in [1.82, 2.24) is 25.1 Å². The van der Waals surface area contributed by atoms with E-state index in [-0.39, 0.29) is 34.4 Å². The van der Waals surface area contributed by atoms with Crippen LogP contribution in [0.5, 0.6) is 5.75 Å². The first-order valence-corrected chi connectivity index (χ1v) is 18.3. The minimum atomic E-state index is -0.726. The molecule has 1 atom stereocenters. The van der Waals surface area contributed by atoms with Crippen LogP contribution in [-0.2, 0) is 24.8 Å². The average molecular weight is 739 g/mol. The van der Waals surface area contributed by atoms with Gasteiger partial charge < -0.3 is 19.4 Å². The third-order valence-corrected chi connectivity index (χ3v) is 12.6. The van der Waals surface area contributed by atoms with E-state index in [9.17, 15) is 14.0 Å². The number of nitrogens with zero attached hydrogens (tertiary/aromatic N) is 4. The first-order chi connectivity index (χ1) is 25.2. The fourth-order valence-corrected chi connectivity index (χ4v) is 10.3. The zero-order valence-electron chi connectivity index (χ0n) is 27.7. The van der Waals surface area contributed by atoms with E-state index in [4.69, 9.17) is 30.7 Å². The molecule has 2 aliphatic carbocycles. The van der Waals surface area contributed by atoms with E-state index in [1.54, 1.807) is 24.4 Å². The number of halogens is 3. The number of benzene rings is 2. The molecule has 10 nitrogen and oxygen atoms in total. The number of H-pyrrole nitrogens is 1. The number of aromatic nitrogens is 4. The second-order valence-corrected chi connectivity index (χ2v) is 15.5. The van der Waals surface area contributed by atoms with Crippen molar-refractivity contribution in [1.29, 1.82) is 0 Å². The number of carbonyl (C=O) groups is 1. The summed E-state index contributed by atoms with van der Waals surface area (Å²) >= 11 is 7.86. The minimum Gasteiger partial charge on any atom is -0.492 e. The lowest BCUT2D eigenvalue weighted by atomic mass is 9.71. The molecular formula is C38H29ClF2N6O4S. The highest BCUT2D eigenvalue weighted by Crippen LogP contribution is 2.63. The fourth-order valence-electron chi connectivity index (χ4n) is 8.86. The summed E-state index contributed by atoms with van der Waals surface area (Å²) in [6, 6.07) is 11.8. The Bertz CT molecular complexity index is 2540. The number of nitrogens with one attached hydrogen (secondary N) is 2. The Morgan fingerprint density at radius 1 is 1.12 bits per heavy atom. The molecule has 262 valence electrons. The lowest BCUT2D eigenvalue weighted by Gasteiger charge is -2.37. The maximum atomic E-state index is 15.3. The van der Waals surface area contributed by atoms with E-state index in [1.807, 2.05) is 17.0 Å². The number of anilines is 1. The number of hydrogen-bond acceptors (Lipinski definition) is 9. The van der Waals surface area contributed by atoms with Gasteiger partial charge in [-0.3, -0.25) is 9.78 Å². The number of carbonyl (C=O) groups excluding carboxylic acids is 1. The number of methoxy groups -OCH3 is 1. The van der Waals surface area contributed by atoms with Crippen molar-refractivity contribution in [2.24, 2.45) is 5.92 Å². The molecule has 1 amide bonds. The summed E-state index contributed by atoms with van der Waals surface area (Å²) in [5, 5.41) is 11.3. The Morgan fingerprint density at radius 3 is 2.71 bits per heavy atom. The number of ether oxygens (including phenoxy) is 1. The molecule has 4 aromatic heterocycles. The van der Waals surface area contributed by atoms with Crippen LogP contribution in [-0.4, -0.2) is 44.6 Å². The van der Waals surface area contributed by atoms with Gasteiger partial charge in [0.05, 0.1) is 50.9 Å². The SMILES string of the molecule is COc1c(Cl)cc2c(c1F)CC[C@@H]2Nc1nccc2cc(-c3c4c(nc(CCc5ccc(F)cc5)c3-c3n[nH]c(=O)o3)C35CC(CN3C4=O)C5)sc12. The quantitative estimate of drug-likeness (QED) is 0.164. The van der Waals surface area contributed by atoms with Gasteiger partial charge in [0, 0.05) is 23.2 Å². The van der Waals surface area contributed by atoms with Crippen LogP contribution in [0.15, 0.2) is 57.9 Å². The van der Waals surface area contributed by atoms with Crippen molar-refractivity contribution in [3.05, 3.63) is 110 Å². The molecule has 3 aliphatic heterocycles. The fraction of sp³-hybridized carbons (Fsp3) is 0.289. The molecule has 6 aromatic rings. The smallest absolute Gasteiger partial charge is 0.434 e. The topological polar surface area (TPSA) is 126 Å². The van der Waals surface area contributed by atoms with Crippen LogP contribution in [0, 0.1) is 17.6 Å². The van der Waals surface area contributed by atoms with Crippen molar-refractivity contribution in [2.75, 3.05) is 19.0 Å². The van der Waals surface area contributed by atoms with Crippen LogP contribution in [0.2, 0.25) is 5.02 Å².